The van der Waals surface area contributed by atoms with Gasteiger partial charge in [-0.05, 0) is 23.1 Å². The van der Waals surface area contributed by atoms with E-state index in [0.29, 0.717) is 17.2 Å². The molecule has 2 heteroatoms. The lowest BCUT2D eigenvalue weighted by molar-refractivity contribution is 0.604. The highest BCUT2D eigenvalue weighted by Crippen LogP contribution is 2.31. The smallest absolute Gasteiger partial charge is 0.126 e. The Morgan fingerprint density at radius 2 is 1.86 bits per heavy atom. The summed E-state index contributed by atoms with van der Waals surface area (Å²) in [7, 11) is 0. The van der Waals surface area contributed by atoms with E-state index in [9.17, 15) is 4.39 Å². The number of hydrogen-bond donors (Lipinski definition) is 1. The highest BCUT2D eigenvalue weighted by molar-refractivity contribution is 5.57. The third-order valence-corrected chi connectivity index (χ3v) is 2.38. The number of rotatable bonds is 2. The summed E-state index contributed by atoms with van der Waals surface area (Å²) >= 11 is 0. The number of nitrogen functional groups attached to an aromatic ring is 1. The summed E-state index contributed by atoms with van der Waals surface area (Å²) in [6, 6.07) is 3.23. The molecule has 0 aliphatic heterocycles. The molecule has 0 aliphatic rings. The maximum Gasteiger partial charge on any atom is 0.126 e. The molecule has 0 saturated heterocycles. The molecular formula is C12H17FN-. The zero-order valence-corrected chi connectivity index (χ0v) is 8.97. The number of hydrogen-bond acceptors (Lipinski definition) is 1. The number of halogens is 1. The molecule has 0 fully saturated rings. The van der Waals surface area contributed by atoms with Gasteiger partial charge in [0.25, 0.3) is 0 Å². The van der Waals surface area contributed by atoms with Gasteiger partial charge in [0, 0.05) is 5.69 Å². The van der Waals surface area contributed by atoms with E-state index >= 15 is 0 Å². The van der Waals surface area contributed by atoms with E-state index in [4.69, 9.17) is 5.73 Å². The molecule has 1 rings (SSSR count). The molecule has 14 heavy (non-hydrogen) atoms. The Morgan fingerprint density at radius 3 is 2.29 bits per heavy atom. The van der Waals surface area contributed by atoms with Gasteiger partial charge in [-0.2, -0.15) is 0 Å². The van der Waals surface area contributed by atoms with Crippen LogP contribution >= 0.6 is 0 Å². The molecule has 0 amide bonds. The Balaban J connectivity index is 3.34. The van der Waals surface area contributed by atoms with Gasteiger partial charge in [-0.15, -0.1) is 5.92 Å². The molecule has 1 aromatic carbocycles. The van der Waals surface area contributed by atoms with Gasteiger partial charge in [0.1, 0.15) is 5.82 Å². The SMILES string of the molecule is [CH2-]C(C)c1c(F)ccc(C(C)C)c1N. The van der Waals surface area contributed by atoms with Gasteiger partial charge >= 0.3 is 0 Å². The zero-order valence-electron chi connectivity index (χ0n) is 8.97. The Hall–Kier alpha value is -1.05. The first-order valence-electron chi connectivity index (χ1n) is 4.86. The largest absolute Gasteiger partial charge is 0.398 e. The third kappa shape index (κ3) is 1.89. The van der Waals surface area contributed by atoms with Crippen LogP contribution in [0.4, 0.5) is 10.1 Å². The Bertz CT molecular complexity index is 329. The minimum Gasteiger partial charge on any atom is -0.398 e. The van der Waals surface area contributed by atoms with E-state index in [2.05, 4.69) is 6.92 Å². The maximum absolute atomic E-state index is 13.4. The van der Waals surface area contributed by atoms with Crippen molar-refractivity contribution in [2.75, 3.05) is 5.73 Å². The lowest BCUT2D eigenvalue weighted by atomic mass is 9.92. The summed E-state index contributed by atoms with van der Waals surface area (Å²) in [6.45, 7) is 9.74. The van der Waals surface area contributed by atoms with Crippen molar-refractivity contribution in [1.29, 1.82) is 0 Å². The third-order valence-electron chi connectivity index (χ3n) is 2.38. The van der Waals surface area contributed by atoms with Crippen molar-refractivity contribution in [3.05, 3.63) is 36.0 Å². The molecule has 0 spiro atoms. The lowest BCUT2D eigenvalue weighted by Crippen LogP contribution is -2.05. The van der Waals surface area contributed by atoms with Gasteiger partial charge in [0.15, 0.2) is 0 Å². The first-order valence-corrected chi connectivity index (χ1v) is 4.86. The van der Waals surface area contributed by atoms with Crippen LogP contribution in [0.5, 0.6) is 0 Å². The van der Waals surface area contributed by atoms with Crippen LogP contribution in [-0.2, 0) is 0 Å². The summed E-state index contributed by atoms with van der Waals surface area (Å²) in [5.41, 5.74) is 8.00. The van der Waals surface area contributed by atoms with Crippen LogP contribution in [-0.4, -0.2) is 0 Å². The van der Waals surface area contributed by atoms with E-state index in [1.54, 1.807) is 6.07 Å². The van der Waals surface area contributed by atoms with E-state index in [1.807, 2.05) is 20.8 Å². The Morgan fingerprint density at radius 1 is 1.29 bits per heavy atom. The molecule has 1 aromatic rings. The normalized spacial score (nSPS) is 13.3. The van der Waals surface area contributed by atoms with Crippen LogP contribution < -0.4 is 5.73 Å². The molecule has 78 valence electrons. The molecule has 0 aliphatic carbocycles. The van der Waals surface area contributed by atoms with Crippen LogP contribution in [0.3, 0.4) is 0 Å². The summed E-state index contributed by atoms with van der Waals surface area (Å²) in [5, 5.41) is 0. The molecule has 0 heterocycles. The van der Waals surface area contributed by atoms with Gasteiger partial charge in [-0.25, -0.2) is 4.39 Å². The first-order chi connectivity index (χ1) is 6.45. The number of anilines is 1. The molecule has 2 N–H and O–H groups in total. The highest BCUT2D eigenvalue weighted by Gasteiger charge is 2.12. The molecule has 0 aromatic heterocycles. The van der Waals surface area contributed by atoms with Crippen molar-refractivity contribution in [3.8, 4) is 0 Å². The average Bonchev–Trinajstić information content (AvgIpc) is 2.02. The topological polar surface area (TPSA) is 26.0 Å². The molecule has 1 unspecified atom stereocenters. The van der Waals surface area contributed by atoms with Gasteiger partial charge in [0.05, 0.1) is 0 Å². The minimum absolute atomic E-state index is 0.117. The van der Waals surface area contributed by atoms with Gasteiger partial charge in [-0.1, -0.05) is 26.8 Å². The molecule has 0 bridgehead atoms. The summed E-state index contributed by atoms with van der Waals surface area (Å²) < 4.78 is 13.4. The van der Waals surface area contributed by atoms with Crippen LogP contribution in [0.2, 0.25) is 0 Å². The quantitative estimate of drug-likeness (QED) is 0.566. The molecule has 0 radical (unpaired) electrons. The first kappa shape index (κ1) is 11.0. The van der Waals surface area contributed by atoms with Gasteiger partial charge < -0.3 is 12.7 Å². The predicted octanol–water partition coefficient (Wildman–Crippen LogP) is 3.47. The van der Waals surface area contributed by atoms with Crippen LogP contribution in [0.1, 0.15) is 43.7 Å². The van der Waals surface area contributed by atoms with Crippen molar-refractivity contribution >= 4 is 5.69 Å². The van der Waals surface area contributed by atoms with Crippen molar-refractivity contribution < 1.29 is 4.39 Å². The van der Waals surface area contributed by atoms with E-state index in [1.165, 1.54) is 6.07 Å². The fourth-order valence-corrected chi connectivity index (χ4v) is 1.63. The number of nitrogens with two attached hydrogens (primary N) is 1. The van der Waals surface area contributed by atoms with Crippen LogP contribution in [0.25, 0.3) is 0 Å². The molecule has 1 nitrogen and oxygen atoms in total. The van der Waals surface area contributed by atoms with Gasteiger partial charge in [0.2, 0.25) is 0 Å². The predicted molar refractivity (Wildman–Crippen MR) is 58.7 cm³/mol. The monoisotopic (exact) mass is 194 g/mol. The number of benzene rings is 1. The Kier molecular flexibility index (Phi) is 3.14. The van der Waals surface area contributed by atoms with Crippen molar-refractivity contribution in [2.24, 2.45) is 0 Å². The fraction of sp³-hybridized carbons (Fsp3) is 0.417. The summed E-state index contributed by atoms with van der Waals surface area (Å²) in [4.78, 5) is 0. The standard InChI is InChI=1S/C12H17FN/c1-7(2)9-5-6-10(13)11(8(3)4)12(9)14/h5-8H,3,14H2,1-2,4H3/q-1. The van der Waals surface area contributed by atoms with Crippen LogP contribution in [0, 0.1) is 12.7 Å². The lowest BCUT2D eigenvalue weighted by Gasteiger charge is -2.20. The summed E-state index contributed by atoms with van der Waals surface area (Å²) in [5.74, 6) is -0.0591. The zero-order chi connectivity index (χ0) is 10.9. The second-order valence-corrected chi connectivity index (χ2v) is 4.02. The van der Waals surface area contributed by atoms with Gasteiger partial charge in [-0.3, -0.25) is 0 Å². The van der Waals surface area contributed by atoms with Crippen LogP contribution in [0.15, 0.2) is 12.1 Å². The molecular weight excluding hydrogens is 177 g/mol. The second-order valence-electron chi connectivity index (χ2n) is 4.02. The van der Waals surface area contributed by atoms with E-state index < -0.39 is 0 Å². The highest BCUT2D eigenvalue weighted by atomic mass is 19.1. The minimum atomic E-state index is -0.255. The average molecular weight is 194 g/mol. The summed E-state index contributed by atoms with van der Waals surface area (Å²) in [6.07, 6.45) is 0. The fourth-order valence-electron chi connectivity index (χ4n) is 1.63. The van der Waals surface area contributed by atoms with Crippen molar-refractivity contribution in [1.82, 2.24) is 0 Å². The molecule has 0 saturated carbocycles. The molecule has 1 atom stereocenters. The Labute approximate surface area is 85.1 Å². The van der Waals surface area contributed by atoms with E-state index in [-0.39, 0.29) is 11.7 Å². The van der Waals surface area contributed by atoms with E-state index in [0.717, 1.165) is 5.56 Å². The second kappa shape index (κ2) is 3.99. The maximum atomic E-state index is 13.4. The van der Waals surface area contributed by atoms with Crippen molar-refractivity contribution in [2.45, 2.75) is 32.6 Å². The van der Waals surface area contributed by atoms with Crippen molar-refractivity contribution in [3.63, 3.8) is 0 Å².